The Balaban J connectivity index is 1.57. The first-order valence-electron chi connectivity index (χ1n) is 10.3. The van der Waals surface area contributed by atoms with Crippen molar-refractivity contribution in [3.8, 4) is 0 Å². The van der Waals surface area contributed by atoms with E-state index in [-0.39, 0.29) is 11.9 Å². The number of nitrogens with one attached hydrogen (secondary N) is 3. The molecule has 1 fully saturated rings. The van der Waals surface area contributed by atoms with Crippen LogP contribution in [-0.4, -0.2) is 51.7 Å². The van der Waals surface area contributed by atoms with Crippen LogP contribution in [0.3, 0.4) is 0 Å². The van der Waals surface area contributed by atoms with Gasteiger partial charge in [-0.2, -0.15) is 0 Å². The van der Waals surface area contributed by atoms with Crippen LogP contribution in [0, 0.1) is 0 Å². The number of carbonyl (C=O) groups excluding carboxylic acids is 2. The summed E-state index contributed by atoms with van der Waals surface area (Å²) in [4.78, 5) is 38.6. The average Bonchev–Trinajstić information content (AvgIpc) is 3.34. The fourth-order valence-corrected chi connectivity index (χ4v) is 4.26. The summed E-state index contributed by atoms with van der Waals surface area (Å²) >= 11 is 3.62. The van der Waals surface area contributed by atoms with Gasteiger partial charge in [0.25, 0.3) is 5.91 Å². The van der Waals surface area contributed by atoms with Crippen LogP contribution >= 0.6 is 15.9 Å². The van der Waals surface area contributed by atoms with Crippen molar-refractivity contribution in [2.75, 3.05) is 23.3 Å². The van der Waals surface area contributed by atoms with Gasteiger partial charge in [-0.1, -0.05) is 0 Å². The Bertz CT molecular complexity index is 1140. The summed E-state index contributed by atoms with van der Waals surface area (Å²) < 4.78 is 6.19. The molecule has 1 saturated heterocycles. The highest BCUT2D eigenvalue weighted by atomic mass is 79.9. The summed E-state index contributed by atoms with van der Waals surface area (Å²) in [7, 11) is 0. The van der Waals surface area contributed by atoms with Crippen molar-refractivity contribution >= 4 is 50.3 Å². The summed E-state index contributed by atoms with van der Waals surface area (Å²) in [6, 6.07) is 3.38. The molecule has 0 aliphatic carbocycles. The van der Waals surface area contributed by atoms with Gasteiger partial charge in [0.05, 0.1) is 32.8 Å². The summed E-state index contributed by atoms with van der Waals surface area (Å²) in [5.74, 6) is -0.254. The predicted molar refractivity (Wildman–Crippen MR) is 126 cm³/mol. The third-order valence-electron chi connectivity index (χ3n) is 5.03. The van der Waals surface area contributed by atoms with Crippen LogP contribution in [0.15, 0.2) is 41.4 Å². The zero-order valence-electron chi connectivity index (χ0n) is 18.1. The highest BCUT2D eigenvalue weighted by Gasteiger charge is 2.29. The molecule has 0 bridgehead atoms. The molecular formula is C22H25BrN6O3. The van der Waals surface area contributed by atoms with Crippen LogP contribution in [0.25, 0.3) is 11.0 Å². The number of aromatic amines is 1. The fraction of sp³-hybridized carbons (Fsp3) is 0.364. The van der Waals surface area contributed by atoms with E-state index in [1.807, 2.05) is 20.8 Å². The van der Waals surface area contributed by atoms with Gasteiger partial charge in [-0.25, -0.2) is 9.78 Å². The molecule has 32 heavy (non-hydrogen) atoms. The molecule has 1 aliphatic heterocycles. The quantitative estimate of drug-likeness (QED) is 0.497. The fourth-order valence-electron chi connectivity index (χ4n) is 3.71. The van der Waals surface area contributed by atoms with E-state index in [9.17, 15) is 9.59 Å². The van der Waals surface area contributed by atoms with E-state index in [0.29, 0.717) is 23.4 Å². The number of ether oxygens (including phenoxy) is 1. The number of pyridine rings is 2. The summed E-state index contributed by atoms with van der Waals surface area (Å²) in [6.07, 6.45) is 6.96. The van der Waals surface area contributed by atoms with Gasteiger partial charge in [0.1, 0.15) is 11.2 Å². The standard InChI is InChI=1S/C22H25BrN6O3/c1-22(2,3)32-21(31)27-14-6-8-29(12-14)18-15(23)10-25-19-17(18)16(11-26-19)28-20(30)13-5-4-7-24-9-13/h4-5,7,9-11,14H,6,8,12H2,1-3H3,(H,25,26)(H,27,31)(H,28,30)/t14-/m1/s1. The smallest absolute Gasteiger partial charge is 0.407 e. The Hall–Kier alpha value is -3.14. The summed E-state index contributed by atoms with van der Waals surface area (Å²) in [5, 5.41) is 6.70. The SMILES string of the molecule is CC(C)(C)OC(=O)N[C@@H]1CCN(c2c(Br)cnc3[nH]cc(NC(=O)c4cccnc4)c23)C1. The van der Waals surface area contributed by atoms with Gasteiger partial charge in [-0.15, -0.1) is 0 Å². The lowest BCUT2D eigenvalue weighted by atomic mass is 10.2. The molecule has 1 atom stereocenters. The highest BCUT2D eigenvalue weighted by molar-refractivity contribution is 9.10. The first kappa shape index (κ1) is 22.1. The maximum absolute atomic E-state index is 12.7. The molecule has 3 aromatic heterocycles. The number of fused-ring (bicyclic) bond motifs is 1. The number of alkyl carbamates (subject to hydrolysis) is 1. The van der Waals surface area contributed by atoms with Gasteiger partial charge in [-0.05, 0) is 55.3 Å². The number of aromatic nitrogens is 3. The molecule has 1 aliphatic rings. The van der Waals surface area contributed by atoms with Crippen molar-refractivity contribution in [2.24, 2.45) is 0 Å². The number of hydrogen-bond donors (Lipinski definition) is 3. The van der Waals surface area contributed by atoms with Crippen LogP contribution in [-0.2, 0) is 4.74 Å². The lowest BCUT2D eigenvalue weighted by Gasteiger charge is -2.23. The highest BCUT2D eigenvalue weighted by Crippen LogP contribution is 2.39. The lowest BCUT2D eigenvalue weighted by molar-refractivity contribution is 0.0509. The topological polar surface area (TPSA) is 112 Å². The number of amides is 2. The number of H-pyrrole nitrogens is 1. The number of nitrogens with zero attached hydrogens (tertiary/aromatic N) is 3. The number of halogens is 1. The van der Waals surface area contributed by atoms with Gasteiger partial charge in [0.2, 0.25) is 0 Å². The normalized spacial score (nSPS) is 16.2. The first-order chi connectivity index (χ1) is 15.2. The zero-order chi connectivity index (χ0) is 22.9. The van der Waals surface area contributed by atoms with Crippen molar-refractivity contribution in [2.45, 2.75) is 38.8 Å². The zero-order valence-corrected chi connectivity index (χ0v) is 19.7. The molecule has 0 unspecified atom stereocenters. The molecule has 3 N–H and O–H groups in total. The Kier molecular flexibility index (Phi) is 6.05. The van der Waals surface area contributed by atoms with E-state index in [1.165, 1.54) is 6.20 Å². The molecule has 0 radical (unpaired) electrons. The van der Waals surface area contributed by atoms with Crippen LogP contribution in [0.4, 0.5) is 16.2 Å². The van der Waals surface area contributed by atoms with Crippen molar-refractivity contribution in [1.82, 2.24) is 20.3 Å². The molecule has 0 spiro atoms. The van der Waals surface area contributed by atoms with Gasteiger partial charge in [0, 0.05) is 37.9 Å². The van der Waals surface area contributed by atoms with E-state index >= 15 is 0 Å². The van der Waals surface area contributed by atoms with Crippen LogP contribution in [0.1, 0.15) is 37.6 Å². The molecule has 10 heteroatoms. The van der Waals surface area contributed by atoms with E-state index in [4.69, 9.17) is 4.74 Å². The van der Waals surface area contributed by atoms with Crippen molar-refractivity contribution in [3.63, 3.8) is 0 Å². The molecule has 3 aromatic rings. The maximum atomic E-state index is 12.7. The lowest BCUT2D eigenvalue weighted by Crippen LogP contribution is -2.40. The first-order valence-corrected chi connectivity index (χ1v) is 11.1. The third-order valence-corrected chi connectivity index (χ3v) is 5.61. The van der Waals surface area contributed by atoms with Gasteiger partial charge < -0.3 is 25.3 Å². The molecule has 168 valence electrons. The number of anilines is 2. The van der Waals surface area contributed by atoms with E-state index in [2.05, 4.69) is 46.4 Å². The van der Waals surface area contributed by atoms with Crippen LogP contribution < -0.4 is 15.5 Å². The predicted octanol–water partition coefficient (Wildman–Crippen LogP) is 4.08. The maximum Gasteiger partial charge on any atom is 0.407 e. The Labute approximate surface area is 194 Å². The number of carbonyl (C=O) groups is 2. The monoisotopic (exact) mass is 500 g/mol. The Morgan fingerprint density at radius 3 is 2.84 bits per heavy atom. The number of rotatable bonds is 4. The largest absolute Gasteiger partial charge is 0.444 e. The van der Waals surface area contributed by atoms with Gasteiger partial charge in [0.15, 0.2) is 0 Å². The third kappa shape index (κ3) is 4.85. The van der Waals surface area contributed by atoms with E-state index in [0.717, 1.165) is 28.5 Å². The minimum Gasteiger partial charge on any atom is -0.444 e. The molecule has 0 saturated carbocycles. The van der Waals surface area contributed by atoms with Crippen molar-refractivity contribution < 1.29 is 14.3 Å². The second-order valence-electron chi connectivity index (χ2n) is 8.65. The second kappa shape index (κ2) is 8.78. The van der Waals surface area contributed by atoms with E-state index < -0.39 is 11.7 Å². The van der Waals surface area contributed by atoms with E-state index in [1.54, 1.807) is 30.7 Å². The molecule has 0 aromatic carbocycles. The molecule has 2 amide bonds. The Morgan fingerprint density at radius 1 is 1.31 bits per heavy atom. The molecular weight excluding hydrogens is 476 g/mol. The van der Waals surface area contributed by atoms with Crippen molar-refractivity contribution in [3.05, 3.63) is 47.0 Å². The van der Waals surface area contributed by atoms with Crippen LogP contribution in [0.5, 0.6) is 0 Å². The van der Waals surface area contributed by atoms with Crippen LogP contribution in [0.2, 0.25) is 0 Å². The minimum absolute atomic E-state index is 0.0488. The average molecular weight is 501 g/mol. The molecule has 9 nitrogen and oxygen atoms in total. The number of hydrogen-bond acceptors (Lipinski definition) is 6. The second-order valence-corrected chi connectivity index (χ2v) is 9.51. The minimum atomic E-state index is -0.546. The summed E-state index contributed by atoms with van der Waals surface area (Å²) in [5.41, 5.74) is 2.12. The van der Waals surface area contributed by atoms with Gasteiger partial charge >= 0.3 is 6.09 Å². The van der Waals surface area contributed by atoms with Crippen molar-refractivity contribution in [1.29, 1.82) is 0 Å². The Morgan fingerprint density at radius 2 is 2.12 bits per heavy atom. The molecule has 4 heterocycles. The molecule has 4 rings (SSSR count). The summed E-state index contributed by atoms with van der Waals surface area (Å²) in [6.45, 7) is 6.86. The van der Waals surface area contributed by atoms with Gasteiger partial charge in [-0.3, -0.25) is 9.78 Å².